The Kier molecular flexibility index (Phi) is 5.28. The predicted molar refractivity (Wildman–Crippen MR) is 64.2 cm³/mol. The van der Waals surface area contributed by atoms with Crippen LogP contribution in [0.1, 0.15) is 32.6 Å². The molecule has 0 aromatic rings. The van der Waals surface area contributed by atoms with E-state index in [1.165, 1.54) is 0 Å². The van der Waals surface area contributed by atoms with Crippen LogP contribution in [0.2, 0.25) is 0 Å². The molecule has 1 heterocycles. The molecule has 8 nitrogen and oxygen atoms in total. The molecular formula is C11H17N3O5. The fourth-order valence-electron chi connectivity index (χ4n) is 1.71. The molecule has 4 N–H and O–H groups in total. The highest BCUT2D eigenvalue weighted by atomic mass is 16.4. The molecule has 8 heteroatoms. The molecule has 0 aromatic carbocycles. The summed E-state index contributed by atoms with van der Waals surface area (Å²) in [5, 5.41) is 15.6. The van der Waals surface area contributed by atoms with Crippen LogP contribution in [-0.2, 0) is 14.4 Å². The number of carbonyl (C=O) groups is 4. The number of carbonyl (C=O) groups excluding carboxylic acids is 3. The lowest BCUT2D eigenvalue weighted by molar-refractivity contribution is -0.142. The summed E-state index contributed by atoms with van der Waals surface area (Å²) in [7, 11) is 0. The summed E-state index contributed by atoms with van der Waals surface area (Å²) in [6.07, 6.45) is 1.56. The summed E-state index contributed by atoms with van der Waals surface area (Å²) >= 11 is 0. The fourth-order valence-corrected chi connectivity index (χ4v) is 1.71. The van der Waals surface area contributed by atoms with E-state index in [1.54, 1.807) is 0 Å². The molecule has 4 amide bonds. The van der Waals surface area contributed by atoms with Gasteiger partial charge in [0.1, 0.15) is 12.1 Å². The van der Waals surface area contributed by atoms with Gasteiger partial charge in [-0.15, -0.1) is 0 Å². The topological polar surface area (TPSA) is 125 Å². The number of rotatable bonds is 7. The SMILES string of the molecule is CCCCC(NC(=O)C[C@@H]1NC(=O)NC1=O)C(=O)O. The van der Waals surface area contributed by atoms with Gasteiger partial charge in [-0.05, 0) is 6.42 Å². The average molecular weight is 271 g/mol. The molecule has 1 saturated heterocycles. The molecule has 0 bridgehead atoms. The van der Waals surface area contributed by atoms with Crippen molar-refractivity contribution in [3.8, 4) is 0 Å². The van der Waals surface area contributed by atoms with Crippen LogP contribution in [0.5, 0.6) is 0 Å². The van der Waals surface area contributed by atoms with Crippen molar-refractivity contribution >= 4 is 23.8 Å². The number of amides is 4. The second-order valence-corrected chi connectivity index (χ2v) is 4.32. The maximum absolute atomic E-state index is 11.6. The molecule has 2 atom stereocenters. The maximum atomic E-state index is 11.6. The summed E-state index contributed by atoms with van der Waals surface area (Å²) in [5.74, 6) is -2.27. The number of hydrogen-bond donors (Lipinski definition) is 4. The Hall–Kier alpha value is -2.12. The molecule has 0 spiro atoms. The van der Waals surface area contributed by atoms with Crippen LogP contribution in [-0.4, -0.2) is 41.0 Å². The molecule has 0 aromatic heterocycles. The Balaban J connectivity index is 2.46. The number of aliphatic carboxylic acids is 1. The quantitative estimate of drug-likeness (QED) is 0.458. The lowest BCUT2D eigenvalue weighted by Crippen LogP contribution is -2.44. The van der Waals surface area contributed by atoms with E-state index < -0.39 is 35.9 Å². The Morgan fingerprint density at radius 3 is 2.58 bits per heavy atom. The van der Waals surface area contributed by atoms with E-state index in [9.17, 15) is 19.2 Å². The van der Waals surface area contributed by atoms with Crippen LogP contribution >= 0.6 is 0 Å². The van der Waals surface area contributed by atoms with Crippen molar-refractivity contribution < 1.29 is 24.3 Å². The zero-order valence-corrected chi connectivity index (χ0v) is 10.6. The number of nitrogens with one attached hydrogen (secondary N) is 3. The van der Waals surface area contributed by atoms with Gasteiger partial charge in [-0.25, -0.2) is 9.59 Å². The van der Waals surface area contributed by atoms with Crippen LogP contribution in [0, 0.1) is 0 Å². The van der Waals surface area contributed by atoms with Gasteiger partial charge in [0.05, 0.1) is 6.42 Å². The Morgan fingerprint density at radius 2 is 2.11 bits per heavy atom. The lowest BCUT2D eigenvalue weighted by Gasteiger charge is -2.15. The van der Waals surface area contributed by atoms with Crippen molar-refractivity contribution in [2.24, 2.45) is 0 Å². The monoisotopic (exact) mass is 271 g/mol. The zero-order chi connectivity index (χ0) is 14.4. The Morgan fingerprint density at radius 1 is 1.42 bits per heavy atom. The average Bonchev–Trinajstić information content (AvgIpc) is 2.62. The van der Waals surface area contributed by atoms with E-state index in [0.29, 0.717) is 12.8 Å². The van der Waals surface area contributed by atoms with Crippen LogP contribution in [0.25, 0.3) is 0 Å². The first-order chi connectivity index (χ1) is 8.93. The van der Waals surface area contributed by atoms with E-state index in [-0.39, 0.29) is 6.42 Å². The number of carboxylic acid groups (broad SMARTS) is 1. The number of unbranched alkanes of at least 4 members (excludes halogenated alkanes) is 1. The summed E-state index contributed by atoms with van der Waals surface area (Å²) < 4.78 is 0. The third kappa shape index (κ3) is 4.57. The molecule has 0 radical (unpaired) electrons. The summed E-state index contributed by atoms with van der Waals surface area (Å²) in [4.78, 5) is 44.6. The zero-order valence-electron chi connectivity index (χ0n) is 10.6. The third-order valence-electron chi connectivity index (χ3n) is 2.73. The molecule has 0 aliphatic carbocycles. The van der Waals surface area contributed by atoms with Crippen LogP contribution in [0.3, 0.4) is 0 Å². The Bertz CT molecular complexity index is 396. The van der Waals surface area contributed by atoms with Gasteiger partial charge in [0, 0.05) is 0 Å². The van der Waals surface area contributed by atoms with Crippen molar-refractivity contribution in [2.45, 2.75) is 44.7 Å². The molecule has 1 aliphatic heterocycles. The maximum Gasteiger partial charge on any atom is 0.326 e. The number of urea groups is 1. The first-order valence-electron chi connectivity index (χ1n) is 6.07. The second-order valence-electron chi connectivity index (χ2n) is 4.32. The minimum atomic E-state index is -1.11. The summed E-state index contributed by atoms with van der Waals surface area (Å²) in [6.45, 7) is 1.92. The Labute approximate surface area is 109 Å². The van der Waals surface area contributed by atoms with E-state index in [4.69, 9.17) is 5.11 Å². The normalized spacial score (nSPS) is 19.5. The minimum Gasteiger partial charge on any atom is -0.480 e. The highest BCUT2D eigenvalue weighted by molar-refractivity contribution is 6.05. The molecule has 0 saturated carbocycles. The van der Waals surface area contributed by atoms with E-state index in [1.807, 2.05) is 12.2 Å². The van der Waals surface area contributed by atoms with Crippen LogP contribution < -0.4 is 16.0 Å². The predicted octanol–water partition coefficient (Wildman–Crippen LogP) is -0.656. The largest absolute Gasteiger partial charge is 0.480 e. The van der Waals surface area contributed by atoms with Crippen molar-refractivity contribution in [3.05, 3.63) is 0 Å². The van der Waals surface area contributed by atoms with E-state index >= 15 is 0 Å². The first kappa shape index (κ1) is 14.9. The molecule has 1 unspecified atom stereocenters. The fraction of sp³-hybridized carbons (Fsp3) is 0.636. The van der Waals surface area contributed by atoms with Crippen LogP contribution in [0.4, 0.5) is 4.79 Å². The van der Waals surface area contributed by atoms with E-state index in [0.717, 1.165) is 6.42 Å². The van der Waals surface area contributed by atoms with Gasteiger partial charge >= 0.3 is 12.0 Å². The molecule has 106 valence electrons. The van der Waals surface area contributed by atoms with Crippen molar-refractivity contribution in [1.29, 1.82) is 0 Å². The van der Waals surface area contributed by atoms with Crippen molar-refractivity contribution in [3.63, 3.8) is 0 Å². The van der Waals surface area contributed by atoms with Crippen molar-refractivity contribution in [1.82, 2.24) is 16.0 Å². The number of imide groups is 1. The van der Waals surface area contributed by atoms with E-state index in [2.05, 4.69) is 10.6 Å². The van der Waals surface area contributed by atoms with Gasteiger partial charge in [-0.2, -0.15) is 0 Å². The highest BCUT2D eigenvalue weighted by Gasteiger charge is 2.32. The highest BCUT2D eigenvalue weighted by Crippen LogP contribution is 2.03. The van der Waals surface area contributed by atoms with Crippen LogP contribution in [0.15, 0.2) is 0 Å². The smallest absolute Gasteiger partial charge is 0.326 e. The number of hydrogen-bond acceptors (Lipinski definition) is 4. The molecule has 1 aliphatic rings. The van der Waals surface area contributed by atoms with Gasteiger partial charge in [0.15, 0.2) is 0 Å². The summed E-state index contributed by atoms with van der Waals surface area (Å²) in [6, 6.07) is -2.55. The van der Waals surface area contributed by atoms with Gasteiger partial charge < -0.3 is 15.7 Å². The molecule has 1 fully saturated rings. The van der Waals surface area contributed by atoms with Gasteiger partial charge in [0.25, 0.3) is 5.91 Å². The second kappa shape index (κ2) is 6.72. The van der Waals surface area contributed by atoms with Gasteiger partial charge in [-0.1, -0.05) is 19.8 Å². The summed E-state index contributed by atoms with van der Waals surface area (Å²) in [5.41, 5.74) is 0. The van der Waals surface area contributed by atoms with Gasteiger partial charge in [-0.3, -0.25) is 14.9 Å². The van der Waals surface area contributed by atoms with Crippen molar-refractivity contribution in [2.75, 3.05) is 0 Å². The molecule has 1 rings (SSSR count). The molecule has 19 heavy (non-hydrogen) atoms. The first-order valence-corrected chi connectivity index (χ1v) is 6.07. The number of carboxylic acids is 1. The van der Waals surface area contributed by atoms with Gasteiger partial charge in [0.2, 0.25) is 5.91 Å². The standard InChI is InChI=1S/C11H17N3O5/c1-2-3-4-6(10(17)18)12-8(15)5-7-9(16)14-11(19)13-7/h6-7H,2-5H2,1H3,(H,12,15)(H,17,18)(H2,13,14,16,19)/t6?,7-/m0/s1. The molecular weight excluding hydrogens is 254 g/mol. The minimum absolute atomic E-state index is 0.270. The third-order valence-corrected chi connectivity index (χ3v) is 2.73. The lowest BCUT2D eigenvalue weighted by atomic mass is 10.1.